The van der Waals surface area contributed by atoms with Crippen LogP contribution in [0.4, 0.5) is 0 Å². The maximum absolute atomic E-state index is 11.9. The Morgan fingerprint density at radius 3 is 1.71 bits per heavy atom. The average molecular weight is 443 g/mol. The first-order chi connectivity index (χ1) is 15.0. The molecule has 0 aliphatic rings. The van der Waals surface area contributed by atoms with Gasteiger partial charge in [-0.25, -0.2) is 0 Å². The zero-order chi connectivity index (χ0) is 23.2. The standard InChI is InChI=1S/C26H50O5/c1-4-5-6-7-9-13-16-19-25(28)30-22-24(21-27)31-26(29)20-17-14-11-8-10-12-15-18-23(2)3/h23-24,27H,4-22H2,1-3H3/t24-/m0/s1. The number of rotatable bonds is 22. The summed E-state index contributed by atoms with van der Waals surface area (Å²) in [5.74, 6) is 0.193. The van der Waals surface area contributed by atoms with E-state index < -0.39 is 6.10 Å². The fraction of sp³-hybridized carbons (Fsp3) is 0.923. The third-order valence-corrected chi connectivity index (χ3v) is 5.58. The Morgan fingerprint density at radius 2 is 1.19 bits per heavy atom. The van der Waals surface area contributed by atoms with Crippen molar-refractivity contribution in [3.8, 4) is 0 Å². The molecule has 0 unspecified atom stereocenters. The normalized spacial score (nSPS) is 12.2. The summed E-state index contributed by atoms with van der Waals surface area (Å²) < 4.78 is 10.4. The van der Waals surface area contributed by atoms with Gasteiger partial charge in [0, 0.05) is 12.8 Å². The molecule has 184 valence electrons. The molecule has 0 fully saturated rings. The van der Waals surface area contributed by atoms with Crippen molar-refractivity contribution in [2.45, 2.75) is 136 Å². The van der Waals surface area contributed by atoms with Crippen molar-refractivity contribution in [2.75, 3.05) is 13.2 Å². The molecule has 0 spiro atoms. The lowest BCUT2D eigenvalue weighted by Gasteiger charge is -2.15. The van der Waals surface area contributed by atoms with Gasteiger partial charge < -0.3 is 14.6 Å². The first-order valence-electron chi connectivity index (χ1n) is 13.0. The number of aliphatic hydroxyl groups excluding tert-OH is 1. The van der Waals surface area contributed by atoms with Gasteiger partial charge in [-0.2, -0.15) is 0 Å². The molecule has 0 aromatic rings. The second-order valence-corrected chi connectivity index (χ2v) is 9.26. The van der Waals surface area contributed by atoms with E-state index in [1.54, 1.807) is 0 Å². The van der Waals surface area contributed by atoms with Crippen molar-refractivity contribution < 1.29 is 24.2 Å². The van der Waals surface area contributed by atoms with Gasteiger partial charge in [0.05, 0.1) is 6.61 Å². The Balaban J connectivity index is 3.64. The molecule has 5 nitrogen and oxygen atoms in total. The largest absolute Gasteiger partial charge is 0.462 e. The van der Waals surface area contributed by atoms with Gasteiger partial charge >= 0.3 is 11.9 Å². The summed E-state index contributed by atoms with van der Waals surface area (Å²) in [6, 6.07) is 0. The highest BCUT2D eigenvalue weighted by Crippen LogP contribution is 2.13. The maximum atomic E-state index is 11.9. The Kier molecular flexibility index (Phi) is 21.3. The summed E-state index contributed by atoms with van der Waals surface area (Å²) >= 11 is 0. The van der Waals surface area contributed by atoms with Crippen molar-refractivity contribution >= 4 is 11.9 Å². The van der Waals surface area contributed by atoms with E-state index in [2.05, 4.69) is 20.8 Å². The molecule has 0 radical (unpaired) electrons. The zero-order valence-electron chi connectivity index (χ0n) is 20.7. The van der Waals surface area contributed by atoms with E-state index >= 15 is 0 Å². The lowest BCUT2D eigenvalue weighted by molar-refractivity contribution is -0.161. The van der Waals surface area contributed by atoms with Gasteiger partial charge in [0.15, 0.2) is 6.10 Å². The summed E-state index contributed by atoms with van der Waals surface area (Å²) in [6.45, 7) is 6.34. The second kappa shape index (κ2) is 22.1. The molecule has 0 aromatic heterocycles. The summed E-state index contributed by atoms with van der Waals surface area (Å²) in [6.07, 6.45) is 17.4. The van der Waals surface area contributed by atoms with Crippen LogP contribution in [0.5, 0.6) is 0 Å². The van der Waals surface area contributed by atoms with E-state index in [9.17, 15) is 14.7 Å². The molecule has 0 heterocycles. The molecule has 0 bridgehead atoms. The molecule has 0 saturated carbocycles. The molecule has 1 atom stereocenters. The predicted molar refractivity (Wildman–Crippen MR) is 127 cm³/mol. The number of hydrogen-bond donors (Lipinski definition) is 1. The minimum absolute atomic E-state index is 0.0616. The molecule has 0 rings (SSSR count). The fourth-order valence-corrected chi connectivity index (χ4v) is 3.56. The van der Waals surface area contributed by atoms with Gasteiger partial charge in [0.25, 0.3) is 0 Å². The van der Waals surface area contributed by atoms with E-state index in [-0.39, 0.29) is 25.2 Å². The van der Waals surface area contributed by atoms with Gasteiger partial charge in [-0.15, -0.1) is 0 Å². The van der Waals surface area contributed by atoms with Crippen molar-refractivity contribution in [3.63, 3.8) is 0 Å². The third kappa shape index (κ3) is 21.9. The predicted octanol–water partition coefficient (Wildman–Crippen LogP) is 6.74. The van der Waals surface area contributed by atoms with Crippen LogP contribution in [0.15, 0.2) is 0 Å². The number of ether oxygens (including phenoxy) is 2. The Hall–Kier alpha value is -1.10. The van der Waals surface area contributed by atoms with Gasteiger partial charge in [-0.1, -0.05) is 104 Å². The molecule has 0 amide bonds. The highest BCUT2D eigenvalue weighted by atomic mass is 16.6. The minimum atomic E-state index is -0.758. The van der Waals surface area contributed by atoms with Crippen LogP contribution in [0.2, 0.25) is 0 Å². The van der Waals surface area contributed by atoms with E-state index in [0.717, 1.165) is 44.4 Å². The highest BCUT2D eigenvalue weighted by Gasteiger charge is 2.16. The van der Waals surface area contributed by atoms with Crippen LogP contribution in [0.3, 0.4) is 0 Å². The Labute approximate surface area is 191 Å². The van der Waals surface area contributed by atoms with Crippen molar-refractivity contribution in [2.24, 2.45) is 5.92 Å². The molecular formula is C26H50O5. The van der Waals surface area contributed by atoms with Crippen LogP contribution in [-0.4, -0.2) is 36.4 Å². The monoisotopic (exact) mass is 442 g/mol. The summed E-state index contributed by atoms with van der Waals surface area (Å²) in [7, 11) is 0. The van der Waals surface area contributed by atoms with Crippen LogP contribution in [0.1, 0.15) is 130 Å². The zero-order valence-corrected chi connectivity index (χ0v) is 20.7. The molecule has 5 heteroatoms. The first kappa shape index (κ1) is 29.9. The lowest BCUT2D eigenvalue weighted by Crippen LogP contribution is -2.28. The lowest BCUT2D eigenvalue weighted by atomic mass is 10.0. The quantitative estimate of drug-likeness (QED) is 0.148. The number of carbonyl (C=O) groups is 2. The number of aliphatic hydroxyl groups is 1. The van der Waals surface area contributed by atoms with E-state index in [1.165, 1.54) is 57.8 Å². The van der Waals surface area contributed by atoms with Crippen LogP contribution in [0.25, 0.3) is 0 Å². The number of hydrogen-bond acceptors (Lipinski definition) is 5. The van der Waals surface area contributed by atoms with Crippen LogP contribution in [-0.2, 0) is 19.1 Å². The number of carbonyl (C=O) groups excluding carboxylic acids is 2. The molecule has 0 aliphatic heterocycles. The summed E-state index contributed by atoms with van der Waals surface area (Å²) in [4.78, 5) is 23.8. The molecular weight excluding hydrogens is 392 g/mol. The second-order valence-electron chi connectivity index (χ2n) is 9.26. The average Bonchev–Trinajstić information content (AvgIpc) is 2.74. The fourth-order valence-electron chi connectivity index (χ4n) is 3.56. The smallest absolute Gasteiger partial charge is 0.306 e. The highest BCUT2D eigenvalue weighted by molar-refractivity contribution is 5.70. The maximum Gasteiger partial charge on any atom is 0.306 e. The SMILES string of the molecule is CCCCCCCCCC(=O)OC[C@H](CO)OC(=O)CCCCCCCCCC(C)C. The van der Waals surface area contributed by atoms with Crippen molar-refractivity contribution in [1.29, 1.82) is 0 Å². The minimum Gasteiger partial charge on any atom is -0.462 e. The van der Waals surface area contributed by atoms with Crippen LogP contribution >= 0.6 is 0 Å². The molecule has 1 N–H and O–H groups in total. The van der Waals surface area contributed by atoms with Gasteiger partial charge in [-0.05, 0) is 18.8 Å². The summed E-state index contributed by atoms with van der Waals surface area (Å²) in [5, 5.41) is 9.38. The van der Waals surface area contributed by atoms with Crippen LogP contribution in [0, 0.1) is 5.92 Å². The third-order valence-electron chi connectivity index (χ3n) is 5.58. The van der Waals surface area contributed by atoms with E-state index in [4.69, 9.17) is 9.47 Å². The van der Waals surface area contributed by atoms with Crippen molar-refractivity contribution in [3.05, 3.63) is 0 Å². The van der Waals surface area contributed by atoms with Crippen molar-refractivity contribution in [1.82, 2.24) is 0 Å². The number of unbranched alkanes of at least 4 members (excludes halogenated alkanes) is 12. The molecule has 31 heavy (non-hydrogen) atoms. The Bertz CT molecular complexity index is 422. The Morgan fingerprint density at radius 1 is 0.710 bits per heavy atom. The first-order valence-corrected chi connectivity index (χ1v) is 13.0. The van der Waals surface area contributed by atoms with Gasteiger partial charge in [0.2, 0.25) is 0 Å². The van der Waals surface area contributed by atoms with Crippen LogP contribution < -0.4 is 0 Å². The molecule has 0 saturated heterocycles. The molecule has 0 aromatic carbocycles. The number of esters is 2. The van der Waals surface area contributed by atoms with E-state index in [1.807, 2.05) is 0 Å². The summed E-state index contributed by atoms with van der Waals surface area (Å²) in [5.41, 5.74) is 0. The topological polar surface area (TPSA) is 72.8 Å². The van der Waals surface area contributed by atoms with Gasteiger partial charge in [-0.3, -0.25) is 9.59 Å². The molecule has 0 aliphatic carbocycles. The van der Waals surface area contributed by atoms with E-state index in [0.29, 0.717) is 12.8 Å². The van der Waals surface area contributed by atoms with Gasteiger partial charge in [0.1, 0.15) is 6.61 Å².